The van der Waals surface area contributed by atoms with E-state index in [9.17, 15) is 0 Å². The first-order chi connectivity index (χ1) is 14.4. The monoisotopic (exact) mass is 434 g/mol. The summed E-state index contributed by atoms with van der Waals surface area (Å²) in [5.74, 6) is 0. The molecule has 4 aromatic carbocycles. The van der Waals surface area contributed by atoms with E-state index in [2.05, 4.69) is 105 Å². The van der Waals surface area contributed by atoms with Crippen molar-refractivity contribution in [1.82, 2.24) is 0 Å². The minimum absolute atomic E-state index is 0. The van der Waals surface area contributed by atoms with Crippen LogP contribution in [0.15, 0.2) is 84.9 Å². The van der Waals surface area contributed by atoms with Crippen LogP contribution < -0.4 is 0 Å². The van der Waals surface area contributed by atoms with Gasteiger partial charge < -0.3 is 14.4 Å². The largest absolute Gasteiger partial charge is 3.00 e. The summed E-state index contributed by atoms with van der Waals surface area (Å²) in [6.45, 7) is 9.75. The van der Waals surface area contributed by atoms with Gasteiger partial charge in [-0.15, -0.1) is 0 Å². The molecule has 0 aromatic heterocycles. The molecule has 0 atom stereocenters. The molecule has 0 aliphatic heterocycles. The molecule has 0 bridgehead atoms. The van der Waals surface area contributed by atoms with Gasteiger partial charge in [-0.25, -0.2) is 0 Å². The summed E-state index contributed by atoms with van der Waals surface area (Å²) in [6.07, 6.45) is 1.06. The Morgan fingerprint density at radius 2 is 1.10 bits per heavy atom. The fourth-order valence-electron chi connectivity index (χ4n) is 3.77. The number of hydrogen-bond acceptors (Lipinski definition) is 3. The molecule has 0 saturated heterocycles. The van der Waals surface area contributed by atoms with Gasteiger partial charge in [0.2, 0.25) is 0 Å². The van der Waals surface area contributed by atoms with Crippen LogP contribution in [0.3, 0.4) is 0 Å². The van der Waals surface area contributed by atoms with Crippen LogP contribution in [-0.2, 0) is 37.9 Å². The van der Waals surface area contributed by atoms with Crippen LogP contribution in [-0.4, -0.2) is 20.4 Å². The van der Waals surface area contributed by atoms with Crippen molar-refractivity contribution in [3.05, 3.63) is 96.1 Å². The number of fused-ring (bicyclic) bond motifs is 4. The third-order valence-corrected chi connectivity index (χ3v) is 4.90. The Kier molecular flexibility index (Phi) is 10.1. The Balaban J connectivity index is 0.000000595. The van der Waals surface area contributed by atoms with E-state index < -0.39 is 0 Å². The third-order valence-electron chi connectivity index (χ3n) is 4.90. The van der Waals surface area contributed by atoms with Gasteiger partial charge in [0.05, 0.1) is 0 Å². The molecule has 0 unspecified atom stereocenters. The fourth-order valence-corrected chi connectivity index (χ4v) is 3.77. The Morgan fingerprint density at radius 3 is 1.87 bits per heavy atom. The molecule has 0 saturated carbocycles. The number of hydrogen-bond donors (Lipinski definition) is 0. The Bertz CT molecular complexity index is 1100. The zero-order valence-corrected chi connectivity index (χ0v) is 17.3. The van der Waals surface area contributed by atoms with Crippen molar-refractivity contribution < 1.29 is 31.5 Å². The summed E-state index contributed by atoms with van der Waals surface area (Å²) in [5.41, 5.74) is 8.29. The molecule has 4 aromatic rings. The zero-order chi connectivity index (χ0) is 21.2. The molecule has 1 aliphatic carbocycles. The van der Waals surface area contributed by atoms with Gasteiger partial charge in [-0.05, 0) is 56.6 Å². The second kappa shape index (κ2) is 12.3. The van der Waals surface area contributed by atoms with Crippen LogP contribution in [0.25, 0.3) is 33.0 Å². The Hall–Kier alpha value is -3.33. The van der Waals surface area contributed by atoms with Crippen LogP contribution in [0.5, 0.6) is 0 Å². The topological polar surface area (TPSA) is 51.2 Å². The van der Waals surface area contributed by atoms with Crippen LogP contribution in [0.4, 0.5) is 0 Å². The molecular weight excluding hydrogens is 415 g/mol. The SMILES string of the molecule is [CH-]=O.[CH-]=O.[CH-]=O.[Mn+3].c1ccc2c(c1)Cc1ccc(-c3cccc4ccccc34)cc1-2. The predicted molar refractivity (Wildman–Crippen MR) is 118 cm³/mol. The average molecular weight is 434 g/mol. The molecule has 4 heteroatoms. The smallest absolute Gasteiger partial charge is 0.545 e. The minimum atomic E-state index is 0. The molecule has 0 spiro atoms. The normalized spacial score (nSPS) is 9.73. The fraction of sp³-hybridized carbons (Fsp3) is 0.0385. The van der Waals surface area contributed by atoms with Crippen molar-refractivity contribution in [1.29, 1.82) is 0 Å². The number of benzene rings is 4. The summed E-state index contributed by atoms with van der Waals surface area (Å²) < 4.78 is 0. The maximum atomic E-state index is 7.75. The molecule has 1 aliphatic rings. The van der Waals surface area contributed by atoms with Crippen molar-refractivity contribution in [2.24, 2.45) is 0 Å². The first kappa shape index (κ1) is 24.7. The van der Waals surface area contributed by atoms with E-state index in [0.717, 1.165) is 6.42 Å². The zero-order valence-electron chi connectivity index (χ0n) is 16.1. The average Bonchev–Trinajstić information content (AvgIpc) is 3.20. The molecule has 0 N–H and O–H groups in total. The van der Waals surface area contributed by atoms with Crippen molar-refractivity contribution >= 4 is 31.1 Å². The van der Waals surface area contributed by atoms with Crippen LogP contribution in [0.2, 0.25) is 0 Å². The third kappa shape index (κ3) is 4.80. The number of rotatable bonds is 1. The molecule has 0 amide bonds. The summed E-state index contributed by atoms with van der Waals surface area (Å²) >= 11 is 0. The van der Waals surface area contributed by atoms with E-state index >= 15 is 0 Å². The van der Waals surface area contributed by atoms with E-state index in [4.69, 9.17) is 14.4 Å². The van der Waals surface area contributed by atoms with Crippen LogP contribution in [0, 0.1) is 0 Å². The quantitative estimate of drug-likeness (QED) is 0.206. The molecular formula is C26H19MnO3. The first-order valence-electron chi connectivity index (χ1n) is 8.80. The standard InChI is InChI=1S/C23H16.3CHO.Mn/c1-3-9-20-16(6-1)8-5-11-21(20)19-13-12-18-14-17-7-2-4-10-22(17)23(18)15-19;3*1-2;/h1-13,15H,14H2;3*1H;/q;3*-1;+3. The molecule has 30 heavy (non-hydrogen) atoms. The van der Waals surface area contributed by atoms with Gasteiger partial charge in [0.1, 0.15) is 0 Å². The van der Waals surface area contributed by atoms with Gasteiger partial charge in [-0.3, -0.25) is 20.4 Å². The van der Waals surface area contributed by atoms with Crippen LogP contribution in [0.1, 0.15) is 11.1 Å². The van der Waals surface area contributed by atoms with Crippen LogP contribution >= 0.6 is 0 Å². The molecule has 0 radical (unpaired) electrons. The second-order valence-electron chi connectivity index (χ2n) is 6.23. The Labute approximate surface area is 187 Å². The second-order valence-corrected chi connectivity index (χ2v) is 6.23. The van der Waals surface area contributed by atoms with Gasteiger partial charge in [0.25, 0.3) is 0 Å². The summed E-state index contributed by atoms with van der Waals surface area (Å²) in [7, 11) is 0. The summed E-state index contributed by atoms with van der Waals surface area (Å²) in [6, 6.07) is 30.9. The minimum Gasteiger partial charge on any atom is -0.545 e. The summed E-state index contributed by atoms with van der Waals surface area (Å²) in [4.78, 5) is 23.2. The van der Waals surface area contributed by atoms with E-state index in [1.165, 1.54) is 44.2 Å². The molecule has 0 heterocycles. The molecule has 148 valence electrons. The predicted octanol–water partition coefficient (Wildman–Crippen LogP) is 5.25. The molecule has 3 nitrogen and oxygen atoms in total. The van der Waals surface area contributed by atoms with Gasteiger partial charge in [-0.1, -0.05) is 78.9 Å². The van der Waals surface area contributed by atoms with Crippen molar-refractivity contribution in [3.63, 3.8) is 0 Å². The molecule has 0 fully saturated rings. The van der Waals surface area contributed by atoms with Crippen molar-refractivity contribution in [2.45, 2.75) is 6.42 Å². The summed E-state index contributed by atoms with van der Waals surface area (Å²) in [5, 5.41) is 2.62. The van der Waals surface area contributed by atoms with Gasteiger partial charge in [0, 0.05) is 0 Å². The number of carbonyl (C=O) groups excluding carboxylic acids is 3. The van der Waals surface area contributed by atoms with E-state index in [1.807, 2.05) is 0 Å². The first-order valence-corrected chi connectivity index (χ1v) is 8.80. The molecule has 5 rings (SSSR count). The van der Waals surface area contributed by atoms with Gasteiger partial charge in [0.15, 0.2) is 0 Å². The van der Waals surface area contributed by atoms with Gasteiger partial charge >= 0.3 is 17.1 Å². The van der Waals surface area contributed by atoms with E-state index in [0.29, 0.717) is 0 Å². The Morgan fingerprint density at radius 1 is 0.533 bits per heavy atom. The van der Waals surface area contributed by atoms with Gasteiger partial charge in [-0.2, -0.15) is 0 Å². The van der Waals surface area contributed by atoms with Crippen molar-refractivity contribution in [2.75, 3.05) is 0 Å². The maximum absolute atomic E-state index is 7.75. The van der Waals surface area contributed by atoms with Crippen molar-refractivity contribution in [3.8, 4) is 22.3 Å². The maximum Gasteiger partial charge on any atom is 3.00 e. The van der Waals surface area contributed by atoms with E-state index in [-0.39, 0.29) is 17.1 Å². The van der Waals surface area contributed by atoms with E-state index in [1.54, 1.807) is 0 Å².